The van der Waals surface area contributed by atoms with E-state index >= 15 is 0 Å². The van der Waals surface area contributed by atoms with Crippen LogP contribution in [0.4, 0.5) is 5.13 Å². The summed E-state index contributed by atoms with van der Waals surface area (Å²) in [6.45, 7) is 7.49. The molecule has 0 amide bonds. The lowest BCUT2D eigenvalue weighted by Gasteiger charge is -2.26. The molecule has 0 aromatic carbocycles. The van der Waals surface area contributed by atoms with Gasteiger partial charge in [0.1, 0.15) is 0 Å². The van der Waals surface area contributed by atoms with Crippen LogP contribution in [0.25, 0.3) is 0 Å². The molecule has 0 bridgehead atoms. The highest BCUT2D eigenvalue weighted by Gasteiger charge is 2.15. The summed E-state index contributed by atoms with van der Waals surface area (Å²) in [5, 5.41) is 4.57. The van der Waals surface area contributed by atoms with E-state index in [1.54, 1.807) is 11.3 Å². The van der Waals surface area contributed by atoms with Gasteiger partial charge in [0, 0.05) is 42.5 Å². The number of hydrogen-bond donors (Lipinski definition) is 1. The summed E-state index contributed by atoms with van der Waals surface area (Å²) in [4.78, 5) is 8.17. The predicted octanol–water partition coefficient (Wildman–Crippen LogP) is 3.22. The molecule has 1 heterocycles. The van der Waals surface area contributed by atoms with Crippen LogP contribution in [0, 0.1) is 0 Å². The summed E-state index contributed by atoms with van der Waals surface area (Å²) in [7, 11) is 2.16. The number of nitrogens with zero attached hydrogens (tertiary/aromatic N) is 2. The quantitative estimate of drug-likeness (QED) is 0.794. The minimum absolute atomic E-state index is 0.521. The first kappa shape index (κ1) is 15.8. The number of thioether (sulfide) groups is 1. The third-order valence-electron chi connectivity index (χ3n) is 2.91. The molecule has 0 aliphatic carbocycles. The van der Waals surface area contributed by atoms with E-state index < -0.39 is 0 Å². The van der Waals surface area contributed by atoms with Crippen LogP contribution >= 0.6 is 23.1 Å². The molecule has 0 fully saturated rings. The SMILES string of the molecule is CCC(CSC)N(C)c1ncc(CNC(C)C)s1. The van der Waals surface area contributed by atoms with Crippen molar-refractivity contribution < 1.29 is 0 Å². The number of thiazole rings is 1. The van der Waals surface area contributed by atoms with Gasteiger partial charge in [0.25, 0.3) is 0 Å². The third kappa shape index (κ3) is 4.78. The minimum Gasteiger partial charge on any atom is -0.347 e. The number of rotatable bonds is 8. The number of anilines is 1. The van der Waals surface area contributed by atoms with E-state index in [-0.39, 0.29) is 0 Å². The van der Waals surface area contributed by atoms with Crippen LogP contribution in [0.2, 0.25) is 0 Å². The Morgan fingerprint density at radius 3 is 2.78 bits per heavy atom. The second-order valence-corrected chi connectivity index (χ2v) is 6.78. The van der Waals surface area contributed by atoms with Crippen molar-refractivity contribution in [3.8, 4) is 0 Å². The van der Waals surface area contributed by atoms with Gasteiger partial charge in [-0.1, -0.05) is 20.8 Å². The van der Waals surface area contributed by atoms with E-state index in [2.05, 4.69) is 49.3 Å². The number of nitrogens with one attached hydrogen (secondary N) is 1. The molecule has 1 atom stereocenters. The summed E-state index contributed by atoms with van der Waals surface area (Å²) < 4.78 is 0. The van der Waals surface area contributed by atoms with Crippen LogP contribution in [0.1, 0.15) is 32.1 Å². The van der Waals surface area contributed by atoms with E-state index in [4.69, 9.17) is 0 Å². The molecule has 1 rings (SSSR count). The first-order valence-corrected chi connectivity index (χ1v) is 8.69. The minimum atomic E-state index is 0.521. The molecule has 0 spiro atoms. The normalized spacial score (nSPS) is 13.0. The summed E-state index contributed by atoms with van der Waals surface area (Å²) >= 11 is 3.70. The van der Waals surface area contributed by atoms with Crippen LogP contribution in [-0.4, -0.2) is 36.1 Å². The van der Waals surface area contributed by atoms with Crippen molar-refractivity contribution in [3.05, 3.63) is 11.1 Å². The molecular formula is C13H25N3S2. The molecule has 0 saturated carbocycles. The molecular weight excluding hydrogens is 262 g/mol. The van der Waals surface area contributed by atoms with E-state index in [9.17, 15) is 0 Å². The van der Waals surface area contributed by atoms with Crippen LogP contribution in [0.3, 0.4) is 0 Å². The largest absolute Gasteiger partial charge is 0.347 e. The molecule has 5 heteroatoms. The van der Waals surface area contributed by atoms with Crippen LogP contribution < -0.4 is 10.2 Å². The van der Waals surface area contributed by atoms with Crippen LogP contribution in [0.5, 0.6) is 0 Å². The predicted molar refractivity (Wildman–Crippen MR) is 85.0 cm³/mol. The van der Waals surface area contributed by atoms with E-state index in [1.165, 1.54) is 4.88 Å². The summed E-state index contributed by atoms with van der Waals surface area (Å²) in [6.07, 6.45) is 5.32. The van der Waals surface area contributed by atoms with Gasteiger partial charge in [-0.25, -0.2) is 4.98 Å². The second-order valence-electron chi connectivity index (χ2n) is 4.77. The maximum absolute atomic E-state index is 4.54. The molecule has 1 N–H and O–H groups in total. The molecule has 0 saturated heterocycles. The smallest absolute Gasteiger partial charge is 0.185 e. The molecule has 18 heavy (non-hydrogen) atoms. The topological polar surface area (TPSA) is 28.2 Å². The van der Waals surface area contributed by atoms with Crippen LogP contribution in [-0.2, 0) is 6.54 Å². The van der Waals surface area contributed by atoms with Crippen molar-refractivity contribution in [1.29, 1.82) is 0 Å². The van der Waals surface area contributed by atoms with Gasteiger partial charge in [-0.2, -0.15) is 11.8 Å². The Bertz CT molecular complexity index is 339. The molecule has 0 radical (unpaired) electrons. The van der Waals surface area contributed by atoms with Crippen molar-refractivity contribution >= 4 is 28.2 Å². The Balaban J connectivity index is 2.60. The fourth-order valence-corrected chi connectivity index (χ4v) is 3.44. The Morgan fingerprint density at radius 1 is 1.50 bits per heavy atom. The Labute approximate surface area is 119 Å². The van der Waals surface area contributed by atoms with Crippen molar-refractivity contribution in [3.63, 3.8) is 0 Å². The fourth-order valence-electron chi connectivity index (χ4n) is 1.70. The molecule has 104 valence electrons. The summed E-state index contributed by atoms with van der Waals surface area (Å²) in [5.41, 5.74) is 0. The van der Waals surface area contributed by atoms with Crippen molar-refractivity contribution in [2.45, 2.75) is 45.8 Å². The van der Waals surface area contributed by atoms with Gasteiger partial charge in [0.05, 0.1) is 0 Å². The zero-order valence-corrected chi connectivity index (χ0v) is 13.7. The average Bonchev–Trinajstić information content (AvgIpc) is 2.81. The van der Waals surface area contributed by atoms with E-state index in [0.717, 1.165) is 23.8 Å². The highest BCUT2D eigenvalue weighted by Crippen LogP contribution is 2.24. The maximum Gasteiger partial charge on any atom is 0.185 e. The Kier molecular flexibility index (Phi) is 7.04. The first-order valence-electron chi connectivity index (χ1n) is 6.48. The molecule has 1 aromatic rings. The van der Waals surface area contributed by atoms with Gasteiger partial charge in [0.15, 0.2) is 5.13 Å². The first-order chi connectivity index (χ1) is 8.58. The molecule has 1 aromatic heterocycles. The summed E-state index contributed by atoms with van der Waals surface area (Å²) in [5.74, 6) is 1.16. The van der Waals surface area contributed by atoms with Crippen molar-refractivity contribution in [2.24, 2.45) is 0 Å². The monoisotopic (exact) mass is 287 g/mol. The van der Waals surface area contributed by atoms with Crippen LogP contribution in [0.15, 0.2) is 6.20 Å². The molecule has 0 aliphatic rings. The van der Waals surface area contributed by atoms with Crippen molar-refractivity contribution in [1.82, 2.24) is 10.3 Å². The average molecular weight is 287 g/mol. The lowest BCUT2D eigenvalue weighted by atomic mass is 10.2. The number of aromatic nitrogens is 1. The lowest BCUT2D eigenvalue weighted by Crippen LogP contribution is -2.32. The molecule has 0 aliphatic heterocycles. The molecule has 1 unspecified atom stereocenters. The van der Waals surface area contributed by atoms with Crippen molar-refractivity contribution in [2.75, 3.05) is 24.0 Å². The van der Waals surface area contributed by atoms with Gasteiger partial charge in [-0.3, -0.25) is 0 Å². The number of hydrogen-bond acceptors (Lipinski definition) is 5. The highest BCUT2D eigenvalue weighted by molar-refractivity contribution is 7.98. The third-order valence-corrected chi connectivity index (χ3v) is 4.71. The lowest BCUT2D eigenvalue weighted by molar-refractivity contribution is 0.593. The second kappa shape index (κ2) is 8.02. The van der Waals surface area contributed by atoms with E-state index in [1.807, 2.05) is 18.0 Å². The maximum atomic E-state index is 4.54. The van der Waals surface area contributed by atoms with Gasteiger partial charge >= 0.3 is 0 Å². The Hall–Kier alpha value is -0.260. The zero-order chi connectivity index (χ0) is 13.5. The summed E-state index contributed by atoms with van der Waals surface area (Å²) in [6, 6.07) is 1.10. The molecule has 3 nitrogen and oxygen atoms in total. The van der Waals surface area contributed by atoms with Gasteiger partial charge in [-0.15, -0.1) is 11.3 Å². The van der Waals surface area contributed by atoms with Gasteiger partial charge in [0.2, 0.25) is 0 Å². The van der Waals surface area contributed by atoms with E-state index in [0.29, 0.717) is 12.1 Å². The highest BCUT2D eigenvalue weighted by atomic mass is 32.2. The zero-order valence-electron chi connectivity index (χ0n) is 12.1. The standard InChI is InChI=1S/C13H25N3S2/c1-6-11(9-17-5)16(4)13-15-8-12(18-13)7-14-10(2)3/h8,10-11,14H,6-7,9H2,1-5H3. The van der Waals surface area contributed by atoms with Gasteiger partial charge in [-0.05, 0) is 12.7 Å². The fraction of sp³-hybridized carbons (Fsp3) is 0.769. The van der Waals surface area contributed by atoms with Gasteiger partial charge < -0.3 is 10.2 Å². The Morgan fingerprint density at radius 2 is 2.22 bits per heavy atom.